The number of halogens is 2. The SMILES string of the molecule is CN(C)c1c(CN(Cc2ccc(F)cc2)C(=O)c2ccccc2Cl)c(-c2ccccc2)nn1C. The van der Waals surface area contributed by atoms with Crippen LogP contribution < -0.4 is 4.90 Å². The fourth-order valence-electron chi connectivity index (χ4n) is 4.10. The van der Waals surface area contributed by atoms with E-state index in [4.69, 9.17) is 16.7 Å². The molecule has 3 aromatic carbocycles. The Morgan fingerprint density at radius 1 is 0.941 bits per heavy atom. The van der Waals surface area contributed by atoms with Gasteiger partial charge in [-0.25, -0.2) is 4.39 Å². The summed E-state index contributed by atoms with van der Waals surface area (Å²) in [5, 5.41) is 5.17. The van der Waals surface area contributed by atoms with Crippen LogP contribution in [0.1, 0.15) is 21.5 Å². The van der Waals surface area contributed by atoms with Gasteiger partial charge in [0.1, 0.15) is 11.6 Å². The van der Waals surface area contributed by atoms with Crippen molar-refractivity contribution >= 4 is 23.3 Å². The lowest BCUT2D eigenvalue weighted by atomic mass is 10.1. The van der Waals surface area contributed by atoms with Crippen molar-refractivity contribution in [1.29, 1.82) is 0 Å². The van der Waals surface area contributed by atoms with Crippen LogP contribution in [0.25, 0.3) is 11.3 Å². The van der Waals surface area contributed by atoms with Crippen molar-refractivity contribution in [3.05, 3.63) is 106 Å². The van der Waals surface area contributed by atoms with Gasteiger partial charge in [-0.2, -0.15) is 5.10 Å². The minimum Gasteiger partial charge on any atom is -0.363 e. The molecule has 0 aliphatic heterocycles. The van der Waals surface area contributed by atoms with Crippen LogP contribution in [0.3, 0.4) is 0 Å². The maximum absolute atomic E-state index is 13.7. The second-order valence-electron chi connectivity index (χ2n) is 8.30. The van der Waals surface area contributed by atoms with Crippen molar-refractivity contribution in [2.24, 2.45) is 7.05 Å². The number of benzene rings is 3. The summed E-state index contributed by atoms with van der Waals surface area (Å²) in [5.41, 5.74) is 3.93. The Morgan fingerprint density at radius 3 is 2.24 bits per heavy atom. The van der Waals surface area contributed by atoms with Crippen LogP contribution in [0.4, 0.5) is 10.2 Å². The zero-order chi connectivity index (χ0) is 24.2. The van der Waals surface area contributed by atoms with Gasteiger partial charge in [0.25, 0.3) is 5.91 Å². The summed E-state index contributed by atoms with van der Waals surface area (Å²) in [6.07, 6.45) is 0. The molecular weight excluding hydrogens is 451 g/mol. The van der Waals surface area contributed by atoms with Crippen LogP contribution in [0, 0.1) is 5.82 Å². The molecule has 0 saturated carbocycles. The van der Waals surface area contributed by atoms with Gasteiger partial charge in [0.05, 0.1) is 22.8 Å². The van der Waals surface area contributed by atoms with Crippen molar-refractivity contribution in [1.82, 2.24) is 14.7 Å². The maximum atomic E-state index is 13.7. The first-order chi connectivity index (χ1) is 16.3. The van der Waals surface area contributed by atoms with E-state index >= 15 is 0 Å². The van der Waals surface area contributed by atoms with Gasteiger partial charge in [-0.3, -0.25) is 9.48 Å². The van der Waals surface area contributed by atoms with E-state index in [0.29, 0.717) is 23.7 Å². The molecule has 174 valence electrons. The first-order valence-corrected chi connectivity index (χ1v) is 11.3. The molecule has 0 bridgehead atoms. The number of carbonyl (C=O) groups is 1. The average Bonchev–Trinajstić information content (AvgIpc) is 3.16. The molecule has 4 aromatic rings. The molecule has 5 nitrogen and oxygen atoms in total. The van der Waals surface area contributed by atoms with Crippen LogP contribution in [0.2, 0.25) is 5.02 Å². The third-order valence-corrected chi connectivity index (χ3v) is 5.94. The monoisotopic (exact) mass is 476 g/mol. The van der Waals surface area contributed by atoms with Gasteiger partial charge in [0.2, 0.25) is 0 Å². The van der Waals surface area contributed by atoms with Gasteiger partial charge < -0.3 is 9.80 Å². The molecule has 1 aromatic heterocycles. The highest BCUT2D eigenvalue weighted by molar-refractivity contribution is 6.33. The highest BCUT2D eigenvalue weighted by Crippen LogP contribution is 2.32. The molecule has 34 heavy (non-hydrogen) atoms. The number of aryl methyl sites for hydroxylation is 1. The van der Waals surface area contributed by atoms with Gasteiger partial charge in [-0.15, -0.1) is 0 Å². The summed E-state index contributed by atoms with van der Waals surface area (Å²) < 4.78 is 15.3. The van der Waals surface area contributed by atoms with Crippen LogP contribution in [0.5, 0.6) is 0 Å². The number of rotatable bonds is 7. The Morgan fingerprint density at radius 2 is 1.59 bits per heavy atom. The number of nitrogens with zero attached hydrogens (tertiary/aromatic N) is 4. The highest BCUT2D eigenvalue weighted by Gasteiger charge is 2.25. The smallest absolute Gasteiger partial charge is 0.255 e. The van der Waals surface area contributed by atoms with Gasteiger partial charge in [0.15, 0.2) is 0 Å². The van der Waals surface area contributed by atoms with Crippen LogP contribution >= 0.6 is 11.6 Å². The predicted octanol–water partition coefficient (Wildman–Crippen LogP) is 5.79. The topological polar surface area (TPSA) is 41.4 Å². The molecule has 1 heterocycles. The first-order valence-electron chi connectivity index (χ1n) is 10.9. The van der Waals surface area contributed by atoms with Gasteiger partial charge in [-0.05, 0) is 29.8 Å². The fraction of sp³-hybridized carbons (Fsp3) is 0.185. The van der Waals surface area contributed by atoms with E-state index in [1.54, 1.807) is 41.3 Å². The number of carbonyl (C=O) groups excluding carboxylic acids is 1. The van der Waals surface area contributed by atoms with E-state index in [0.717, 1.165) is 28.2 Å². The van der Waals surface area contributed by atoms with E-state index in [1.165, 1.54) is 12.1 Å². The Bertz CT molecular complexity index is 1290. The van der Waals surface area contributed by atoms with Gasteiger partial charge in [0, 0.05) is 38.8 Å². The lowest BCUT2D eigenvalue weighted by Gasteiger charge is -2.25. The maximum Gasteiger partial charge on any atom is 0.255 e. The summed E-state index contributed by atoms with van der Waals surface area (Å²) >= 11 is 6.38. The molecule has 0 aliphatic carbocycles. The molecule has 1 amide bonds. The largest absolute Gasteiger partial charge is 0.363 e. The van der Waals surface area contributed by atoms with E-state index in [1.807, 2.05) is 61.1 Å². The van der Waals surface area contributed by atoms with Crippen molar-refractivity contribution < 1.29 is 9.18 Å². The Balaban J connectivity index is 1.80. The summed E-state index contributed by atoms with van der Waals surface area (Å²) in [7, 11) is 5.80. The summed E-state index contributed by atoms with van der Waals surface area (Å²) in [5.74, 6) is 0.374. The predicted molar refractivity (Wildman–Crippen MR) is 134 cm³/mol. The highest BCUT2D eigenvalue weighted by atomic mass is 35.5. The van der Waals surface area contributed by atoms with E-state index in [2.05, 4.69) is 0 Å². The lowest BCUT2D eigenvalue weighted by Crippen LogP contribution is -2.31. The van der Waals surface area contributed by atoms with Gasteiger partial charge in [-0.1, -0.05) is 66.2 Å². The molecule has 0 spiro atoms. The van der Waals surface area contributed by atoms with Crippen LogP contribution in [-0.4, -0.2) is 34.7 Å². The summed E-state index contributed by atoms with van der Waals surface area (Å²) in [6, 6.07) is 23.1. The number of hydrogen-bond acceptors (Lipinski definition) is 3. The van der Waals surface area contributed by atoms with Crippen LogP contribution in [0.15, 0.2) is 78.9 Å². The normalized spacial score (nSPS) is 10.9. The Kier molecular flexibility index (Phi) is 6.98. The fourth-order valence-corrected chi connectivity index (χ4v) is 4.31. The van der Waals surface area contributed by atoms with Crippen molar-refractivity contribution in [2.45, 2.75) is 13.1 Å². The van der Waals surface area contributed by atoms with Crippen LogP contribution in [-0.2, 0) is 20.1 Å². The average molecular weight is 477 g/mol. The summed E-state index contributed by atoms with van der Waals surface area (Å²) in [4.78, 5) is 17.4. The molecule has 0 aliphatic rings. The van der Waals surface area contributed by atoms with E-state index in [9.17, 15) is 9.18 Å². The van der Waals surface area contributed by atoms with E-state index in [-0.39, 0.29) is 11.7 Å². The first kappa shape index (κ1) is 23.5. The molecule has 0 fully saturated rings. The molecule has 7 heteroatoms. The Labute approximate surface area is 204 Å². The molecule has 0 N–H and O–H groups in total. The minimum absolute atomic E-state index is 0.206. The van der Waals surface area contributed by atoms with Crippen molar-refractivity contribution in [3.8, 4) is 11.3 Å². The number of hydrogen-bond donors (Lipinski definition) is 0. The van der Waals surface area contributed by atoms with Gasteiger partial charge >= 0.3 is 0 Å². The second kappa shape index (κ2) is 10.1. The third-order valence-electron chi connectivity index (χ3n) is 5.61. The summed E-state index contributed by atoms with van der Waals surface area (Å²) in [6.45, 7) is 0.591. The number of anilines is 1. The van der Waals surface area contributed by atoms with Crippen molar-refractivity contribution in [2.75, 3.05) is 19.0 Å². The van der Waals surface area contributed by atoms with Crippen molar-refractivity contribution in [3.63, 3.8) is 0 Å². The molecule has 0 saturated heterocycles. The minimum atomic E-state index is -0.318. The van der Waals surface area contributed by atoms with E-state index < -0.39 is 0 Å². The lowest BCUT2D eigenvalue weighted by molar-refractivity contribution is 0.0730. The quantitative estimate of drug-likeness (QED) is 0.339. The molecule has 4 rings (SSSR count). The third kappa shape index (κ3) is 4.97. The second-order valence-corrected chi connectivity index (χ2v) is 8.71. The standard InChI is InChI=1S/C27H26ClFN4O/c1-31(2)26-23(25(30-32(26)3)20-9-5-4-6-10-20)18-33(17-19-13-15-21(29)16-14-19)27(34)22-11-7-8-12-24(22)28/h4-16H,17-18H2,1-3H3. The molecular formula is C27H26ClFN4O. The zero-order valence-electron chi connectivity index (χ0n) is 19.4. The zero-order valence-corrected chi connectivity index (χ0v) is 20.1. The molecule has 0 radical (unpaired) electrons. The Hall–Kier alpha value is -3.64. The number of aromatic nitrogens is 2. The molecule has 0 atom stereocenters. The molecule has 0 unspecified atom stereocenters. The number of amides is 1.